The number of nitrogens with zero attached hydrogens (tertiary/aromatic N) is 4. The van der Waals surface area contributed by atoms with E-state index in [1.54, 1.807) is 9.47 Å². The number of carbonyl (C=O) groups excluding carboxylic acids is 1. The van der Waals surface area contributed by atoms with Crippen LogP contribution in [0.2, 0.25) is 0 Å². The maximum Gasteiger partial charge on any atom is 0.346 e. The normalized spacial score (nSPS) is 22.1. The van der Waals surface area contributed by atoms with E-state index in [0.717, 1.165) is 37.9 Å². The van der Waals surface area contributed by atoms with Crippen LogP contribution in [0, 0.1) is 5.92 Å². The van der Waals surface area contributed by atoms with Crippen molar-refractivity contribution < 1.29 is 9.90 Å². The Bertz CT molecular complexity index is 577. The van der Waals surface area contributed by atoms with Gasteiger partial charge in [-0.25, -0.2) is 9.48 Å². The molecule has 3 rings (SSSR count). The molecule has 0 saturated carbocycles. The maximum atomic E-state index is 12.3. The molecule has 21 heavy (non-hydrogen) atoms. The summed E-state index contributed by atoms with van der Waals surface area (Å²) < 4.78 is 3.01. The molecule has 0 aromatic carbocycles. The molecule has 1 unspecified atom stereocenters. The summed E-state index contributed by atoms with van der Waals surface area (Å²) in [6, 6.07) is 0. The highest BCUT2D eigenvalue weighted by Crippen LogP contribution is 2.16. The highest BCUT2D eigenvalue weighted by atomic mass is 16.3. The molecular formula is C14H22N4O3. The largest absolute Gasteiger partial charge is 0.396 e. The molecule has 3 heterocycles. The van der Waals surface area contributed by atoms with Crippen LogP contribution in [0.15, 0.2) is 4.79 Å². The number of aromatic nitrogens is 3. The van der Waals surface area contributed by atoms with Gasteiger partial charge in [0.2, 0.25) is 5.91 Å². The number of aliphatic hydroxyl groups excluding tert-OH is 1. The average molecular weight is 294 g/mol. The maximum absolute atomic E-state index is 12.3. The SMILES string of the molecule is O=C(Cn1nc2n(c1=O)CCCCC2)N1CCC(CO)C1. The number of aliphatic hydroxyl groups is 1. The van der Waals surface area contributed by atoms with Crippen LogP contribution in [0.25, 0.3) is 0 Å². The Labute approximate surface area is 123 Å². The van der Waals surface area contributed by atoms with Gasteiger partial charge >= 0.3 is 5.69 Å². The third-order valence-electron chi connectivity index (χ3n) is 4.46. The van der Waals surface area contributed by atoms with E-state index in [2.05, 4.69) is 5.10 Å². The Morgan fingerprint density at radius 1 is 1.29 bits per heavy atom. The number of fused-ring (bicyclic) bond motifs is 1. The first-order valence-corrected chi connectivity index (χ1v) is 7.74. The van der Waals surface area contributed by atoms with Crippen molar-refractivity contribution in [3.8, 4) is 0 Å². The zero-order valence-corrected chi connectivity index (χ0v) is 12.2. The van der Waals surface area contributed by atoms with Crippen LogP contribution in [-0.2, 0) is 24.3 Å². The fourth-order valence-electron chi connectivity index (χ4n) is 3.16. The molecule has 0 bridgehead atoms. The monoisotopic (exact) mass is 294 g/mol. The second-order valence-corrected chi connectivity index (χ2v) is 6.00. The molecule has 2 aliphatic rings. The number of amides is 1. The van der Waals surface area contributed by atoms with Crippen LogP contribution >= 0.6 is 0 Å². The third-order valence-corrected chi connectivity index (χ3v) is 4.46. The Morgan fingerprint density at radius 2 is 2.14 bits per heavy atom. The summed E-state index contributed by atoms with van der Waals surface area (Å²) in [5.41, 5.74) is -0.168. The summed E-state index contributed by atoms with van der Waals surface area (Å²) >= 11 is 0. The van der Waals surface area contributed by atoms with Crippen molar-refractivity contribution in [2.75, 3.05) is 19.7 Å². The van der Waals surface area contributed by atoms with Crippen LogP contribution in [0.3, 0.4) is 0 Å². The van der Waals surface area contributed by atoms with Gasteiger partial charge in [-0.1, -0.05) is 6.42 Å². The summed E-state index contributed by atoms with van der Waals surface area (Å²) in [5.74, 6) is 0.894. The Morgan fingerprint density at radius 3 is 2.90 bits per heavy atom. The molecule has 1 amide bonds. The summed E-state index contributed by atoms with van der Waals surface area (Å²) in [7, 11) is 0. The van der Waals surface area contributed by atoms with Gasteiger partial charge in [0.15, 0.2) is 0 Å². The number of carbonyl (C=O) groups is 1. The molecule has 1 aromatic heterocycles. The second kappa shape index (κ2) is 6.01. The van der Waals surface area contributed by atoms with Crippen LogP contribution in [0.4, 0.5) is 0 Å². The lowest BCUT2D eigenvalue weighted by molar-refractivity contribution is -0.131. The van der Waals surface area contributed by atoms with Gasteiger partial charge in [0, 0.05) is 38.6 Å². The molecule has 2 aliphatic heterocycles. The van der Waals surface area contributed by atoms with Gasteiger partial charge in [0.05, 0.1) is 0 Å². The molecule has 1 fully saturated rings. The van der Waals surface area contributed by atoms with Gasteiger partial charge < -0.3 is 10.0 Å². The van der Waals surface area contributed by atoms with Crippen molar-refractivity contribution in [1.29, 1.82) is 0 Å². The lowest BCUT2D eigenvalue weighted by Crippen LogP contribution is -2.36. The lowest BCUT2D eigenvalue weighted by atomic mass is 10.1. The minimum atomic E-state index is -0.168. The minimum Gasteiger partial charge on any atom is -0.396 e. The average Bonchev–Trinajstić information content (AvgIpc) is 2.99. The van der Waals surface area contributed by atoms with Crippen LogP contribution in [-0.4, -0.2) is 50.0 Å². The van der Waals surface area contributed by atoms with Crippen LogP contribution < -0.4 is 5.69 Å². The molecule has 0 aliphatic carbocycles. The quantitative estimate of drug-likeness (QED) is 0.823. The highest BCUT2D eigenvalue weighted by molar-refractivity contribution is 5.76. The molecule has 1 N–H and O–H groups in total. The molecule has 1 saturated heterocycles. The Kier molecular flexibility index (Phi) is 4.10. The van der Waals surface area contributed by atoms with Gasteiger partial charge in [-0.05, 0) is 19.3 Å². The van der Waals surface area contributed by atoms with Crippen molar-refractivity contribution in [3.05, 3.63) is 16.3 Å². The first kappa shape index (κ1) is 14.3. The lowest BCUT2D eigenvalue weighted by Gasteiger charge is -2.15. The van der Waals surface area contributed by atoms with Crippen molar-refractivity contribution in [3.63, 3.8) is 0 Å². The van der Waals surface area contributed by atoms with Crippen LogP contribution in [0.1, 0.15) is 31.5 Å². The summed E-state index contributed by atoms with van der Waals surface area (Å²) in [5, 5.41) is 13.5. The summed E-state index contributed by atoms with van der Waals surface area (Å²) in [6.45, 7) is 2.07. The van der Waals surface area contributed by atoms with E-state index >= 15 is 0 Å². The van der Waals surface area contributed by atoms with E-state index < -0.39 is 0 Å². The summed E-state index contributed by atoms with van der Waals surface area (Å²) in [6.07, 6.45) is 4.81. The van der Waals surface area contributed by atoms with Gasteiger partial charge in [0.25, 0.3) is 0 Å². The fraction of sp³-hybridized carbons (Fsp3) is 0.786. The predicted octanol–water partition coefficient (Wildman–Crippen LogP) is -0.388. The van der Waals surface area contributed by atoms with Gasteiger partial charge in [0.1, 0.15) is 12.4 Å². The Balaban J connectivity index is 1.71. The van der Waals surface area contributed by atoms with E-state index in [9.17, 15) is 9.59 Å². The van der Waals surface area contributed by atoms with Gasteiger partial charge in [-0.15, -0.1) is 0 Å². The molecule has 1 aromatic rings. The molecular weight excluding hydrogens is 272 g/mol. The predicted molar refractivity (Wildman–Crippen MR) is 75.8 cm³/mol. The Hall–Kier alpha value is -1.63. The fourth-order valence-corrected chi connectivity index (χ4v) is 3.16. The number of rotatable bonds is 3. The van der Waals surface area contributed by atoms with Gasteiger partial charge in [-0.3, -0.25) is 9.36 Å². The minimum absolute atomic E-state index is 0.0109. The molecule has 116 valence electrons. The second-order valence-electron chi connectivity index (χ2n) is 6.00. The molecule has 7 nitrogen and oxygen atoms in total. The van der Waals surface area contributed by atoms with Crippen molar-refractivity contribution in [1.82, 2.24) is 19.2 Å². The standard InChI is InChI=1S/C14H22N4O3/c19-10-11-5-7-16(8-11)13(20)9-18-14(21)17-6-3-1-2-4-12(17)15-18/h11,19H,1-10H2. The van der Waals surface area contributed by atoms with Gasteiger partial charge in [-0.2, -0.15) is 5.10 Å². The number of aryl methyl sites for hydroxylation is 1. The number of hydrogen-bond acceptors (Lipinski definition) is 4. The summed E-state index contributed by atoms with van der Waals surface area (Å²) in [4.78, 5) is 26.3. The highest BCUT2D eigenvalue weighted by Gasteiger charge is 2.27. The first-order chi connectivity index (χ1) is 10.2. The van der Waals surface area contributed by atoms with Crippen LogP contribution in [0.5, 0.6) is 0 Å². The zero-order chi connectivity index (χ0) is 14.8. The number of likely N-dealkylation sites (tertiary alicyclic amines) is 1. The third kappa shape index (κ3) is 2.88. The molecule has 0 radical (unpaired) electrons. The molecule has 1 atom stereocenters. The molecule has 0 spiro atoms. The van der Waals surface area contributed by atoms with Crippen molar-refractivity contribution >= 4 is 5.91 Å². The zero-order valence-electron chi connectivity index (χ0n) is 12.2. The van der Waals surface area contributed by atoms with E-state index in [1.807, 2.05) is 0 Å². The van der Waals surface area contributed by atoms with E-state index in [4.69, 9.17) is 5.11 Å². The van der Waals surface area contributed by atoms with Crippen molar-refractivity contribution in [2.24, 2.45) is 5.92 Å². The topological polar surface area (TPSA) is 80.4 Å². The number of hydrogen-bond donors (Lipinski definition) is 1. The molecule has 7 heteroatoms. The van der Waals surface area contributed by atoms with E-state index in [1.165, 1.54) is 4.68 Å². The smallest absolute Gasteiger partial charge is 0.346 e. The first-order valence-electron chi connectivity index (χ1n) is 7.74. The van der Waals surface area contributed by atoms with Crippen molar-refractivity contribution in [2.45, 2.75) is 45.2 Å². The van der Waals surface area contributed by atoms with E-state index in [-0.39, 0.29) is 30.7 Å². The van der Waals surface area contributed by atoms with E-state index in [0.29, 0.717) is 19.6 Å².